The van der Waals surface area contributed by atoms with Gasteiger partial charge in [0.25, 0.3) is 0 Å². The molecule has 0 unspecified atom stereocenters. The molecule has 1 aromatic rings. The first-order valence-electron chi connectivity index (χ1n) is 5.43. The number of rotatable bonds is 0. The summed E-state index contributed by atoms with van der Waals surface area (Å²) >= 11 is 7.21. The van der Waals surface area contributed by atoms with Crippen molar-refractivity contribution in [3.8, 4) is 0 Å². The highest BCUT2D eigenvalue weighted by atomic mass is 35.5. The number of benzene rings is 1. The third-order valence-corrected chi connectivity index (χ3v) is 4.35. The molecule has 2 aliphatic rings. The van der Waals surface area contributed by atoms with E-state index in [1.807, 2.05) is 18.2 Å². The summed E-state index contributed by atoms with van der Waals surface area (Å²) in [5.74, 6) is -0.466. The molecule has 4 heteroatoms. The Morgan fingerprint density at radius 2 is 2.00 bits per heavy atom. The molecule has 1 heterocycles. The van der Waals surface area contributed by atoms with Crippen LogP contribution >= 0.6 is 23.4 Å². The molecule has 1 nitrogen and oxygen atoms in total. The maximum absolute atomic E-state index is 13.5. The Morgan fingerprint density at radius 1 is 1.22 bits per heavy atom. The molecule has 1 aromatic carbocycles. The zero-order valence-electron chi connectivity index (χ0n) is 9.24. The molecular formula is C14H8ClFOS. The third kappa shape index (κ3) is 1.93. The predicted molar refractivity (Wildman–Crippen MR) is 71.4 cm³/mol. The second-order valence-corrected chi connectivity index (χ2v) is 5.61. The molecule has 0 saturated heterocycles. The summed E-state index contributed by atoms with van der Waals surface area (Å²) in [4.78, 5) is 13.7. The molecule has 1 aliphatic heterocycles. The van der Waals surface area contributed by atoms with Crippen LogP contribution in [0.15, 0.2) is 62.7 Å². The van der Waals surface area contributed by atoms with Gasteiger partial charge in [0, 0.05) is 21.8 Å². The molecule has 3 rings (SSSR count). The number of hydrogen-bond acceptors (Lipinski definition) is 2. The van der Waals surface area contributed by atoms with E-state index in [1.54, 1.807) is 12.1 Å². The lowest BCUT2D eigenvalue weighted by Gasteiger charge is -2.14. The van der Waals surface area contributed by atoms with Crippen LogP contribution in [0, 0.1) is 0 Å². The normalized spacial score (nSPS) is 18.7. The van der Waals surface area contributed by atoms with Crippen molar-refractivity contribution in [1.82, 2.24) is 0 Å². The van der Waals surface area contributed by atoms with E-state index in [0.717, 1.165) is 15.4 Å². The largest absolute Gasteiger partial charge is 0.289 e. The van der Waals surface area contributed by atoms with Crippen LogP contribution in [0.25, 0.3) is 0 Å². The van der Waals surface area contributed by atoms with Crippen molar-refractivity contribution in [1.29, 1.82) is 0 Å². The standard InChI is InChI=1S/C14H8ClFOS/c15-10-5-8-6-12(17)9-3-1-2-4-13(9)18-14(8)7-11(10)16/h1-4,6-7H,5H2. The number of fused-ring (bicyclic) bond motifs is 2. The molecule has 0 radical (unpaired) electrons. The Morgan fingerprint density at radius 3 is 2.83 bits per heavy atom. The average Bonchev–Trinajstić information content (AvgIpc) is 2.48. The van der Waals surface area contributed by atoms with Crippen LogP contribution < -0.4 is 0 Å². The third-order valence-electron chi connectivity index (χ3n) is 2.86. The quantitative estimate of drug-likeness (QED) is 0.689. The highest BCUT2D eigenvalue weighted by Crippen LogP contribution is 2.43. The first-order valence-corrected chi connectivity index (χ1v) is 6.62. The molecule has 0 N–H and O–H groups in total. The molecule has 0 saturated carbocycles. The highest BCUT2D eigenvalue weighted by molar-refractivity contribution is 8.03. The van der Waals surface area contributed by atoms with E-state index in [2.05, 4.69) is 0 Å². The summed E-state index contributed by atoms with van der Waals surface area (Å²) in [6, 6.07) is 7.34. The van der Waals surface area contributed by atoms with Crippen LogP contribution in [0.4, 0.5) is 4.39 Å². The second-order valence-electron chi connectivity index (χ2n) is 4.07. The van der Waals surface area contributed by atoms with Gasteiger partial charge < -0.3 is 0 Å². The second kappa shape index (κ2) is 4.41. The molecule has 18 heavy (non-hydrogen) atoms. The van der Waals surface area contributed by atoms with Gasteiger partial charge in [-0.05, 0) is 29.9 Å². The van der Waals surface area contributed by atoms with Crippen molar-refractivity contribution in [3.05, 3.63) is 63.3 Å². The lowest BCUT2D eigenvalue weighted by molar-refractivity contribution is 0.104. The topological polar surface area (TPSA) is 17.1 Å². The first kappa shape index (κ1) is 11.8. The fourth-order valence-corrected chi connectivity index (χ4v) is 3.24. The first-order chi connectivity index (χ1) is 8.65. The maximum atomic E-state index is 13.5. The molecule has 90 valence electrons. The van der Waals surface area contributed by atoms with E-state index < -0.39 is 5.83 Å². The van der Waals surface area contributed by atoms with E-state index in [0.29, 0.717) is 5.56 Å². The molecule has 0 fully saturated rings. The van der Waals surface area contributed by atoms with Crippen LogP contribution in [0.1, 0.15) is 16.8 Å². The van der Waals surface area contributed by atoms with Crippen molar-refractivity contribution in [2.45, 2.75) is 11.3 Å². The summed E-state index contributed by atoms with van der Waals surface area (Å²) in [7, 11) is 0. The van der Waals surface area contributed by atoms with E-state index in [-0.39, 0.29) is 17.2 Å². The molecule has 0 atom stereocenters. The fraction of sp³-hybridized carbons (Fsp3) is 0.0714. The highest BCUT2D eigenvalue weighted by Gasteiger charge is 2.23. The number of allylic oxidation sites excluding steroid dienone is 5. The Kier molecular flexibility index (Phi) is 2.88. The minimum Gasteiger partial charge on any atom is -0.289 e. The summed E-state index contributed by atoms with van der Waals surface area (Å²) in [5, 5.41) is 0.157. The predicted octanol–water partition coefficient (Wildman–Crippen LogP) is 4.61. The van der Waals surface area contributed by atoms with Gasteiger partial charge in [-0.2, -0.15) is 0 Å². The van der Waals surface area contributed by atoms with Crippen molar-refractivity contribution in [3.63, 3.8) is 0 Å². The average molecular weight is 279 g/mol. The van der Waals surface area contributed by atoms with Crippen LogP contribution in [-0.4, -0.2) is 5.78 Å². The monoisotopic (exact) mass is 278 g/mol. The lowest BCUT2D eigenvalue weighted by atomic mass is 10.0. The number of ketones is 1. The molecule has 0 amide bonds. The van der Waals surface area contributed by atoms with Gasteiger partial charge in [-0.15, -0.1) is 0 Å². The van der Waals surface area contributed by atoms with Gasteiger partial charge in [0.2, 0.25) is 0 Å². The van der Waals surface area contributed by atoms with Crippen molar-refractivity contribution < 1.29 is 9.18 Å². The molecule has 1 aliphatic carbocycles. The van der Waals surface area contributed by atoms with Crippen LogP contribution in [-0.2, 0) is 0 Å². The molecule has 0 spiro atoms. The summed E-state index contributed by atoms with van der Waals surface area (Å²) in [5.41, 5.74) is 1.44. The van der Waals surface area contributed by atoms with Gasteiger partial charge in [-0.1, -0.05) is 35.5 Å². The number of carbonyl (C=O) groups excluding carboxylic acids is 1. The maximum Gasteiger partial charge on any atom is 0.187 e. The van der Waals surface area contributed by atoms with E-state index in [9.17, 15) is 9.18 Å². The summed E-state index contributed by atoms with van der Waals surface area (Å²) < 4.78 is 13.5. The van der Waals surface area contributed by atoms with Crippen LogP contribution in [0.5, 0.6) is 0 Å². The van der Waals surface area contributed by atoms with Crippen LogP contribution in [0.3, 0.4) is 0 Å². The minimum absolute atomic E-state index is 0.0525. The van der Waals surface area contributed by atoms with E-state index in [1.165, 1.54) is 17.8 Å². The van der Waals surface area contributed by atoms with Gasteiger partial charge in [-0.25, -0.2) is 4.39 Å². The van der Waals surface area contributed by atoms with E-state index >= 15 is 0 Å². The van der Waals surface area contributed by atoms with Gasteiger partial charge in [0.15, 0.2) is 5.78 Å². The summed E-state index contributed by atoms with van der Waals surface area (Å²) in [6.07, 6.45) is 3.24. The Balaban J connectivity index is 2.15. The van der Waals surface area contributed by atoms with Gasteiger partial charge in [0.1, 0.15) is 5.83 Å². The number of hydrogen-bond donors (Lipinski definition) is 0. The molecule has 0 bridgehead atoms. The van der Waals surface area contributed by atoms with Gasteiger partial charge in [-0.3, -0.25) is 4.79 Å². The van der Waals surface area contributed by atoms with Crippen LogP contribution in [0.2, 0.25) is 0 Å². The fourth-order valence-electron chi connectivity index (χ4n) is 1.96. The minimum atomic E-state index is -0.414. The molecular weight excluding hydrogens is 271 g/mol. The summed E-state index contributed by atoms with van der Waals surface area (Å²) in [6.45, 7) is 0. The Bertz CT molecular complexity index is 643. The van der Waals surface area contributed by atoms with Crippen molar-refractivity contribution >= 4 is 29.1 Å². The Hall–Kier alpha value is -1.32. The number of halogens is 2. The number of carbonyl (C=O) groups is 1. The van der Waals surface area contributed by atoms with Gasteiger partial charge in [0.05, 0.1) is 5.03 Å². The van der Waals surface area contributed by atoms with Gasteiger partial charge >= 0.3 is 0 Å². The van der Waals surface area contributed by atoms with Crippen molar-refractivity contribution in [2.24, 2.45) is 0 Å². The molecule has 0 aromatic heterocycles. The Labute approximate surface area is 113 Å². The zero-order valence-corrected chi connectivity index (χ0v) is 10.8. The lowest BCUT2D eigenvalue weighted by Crippen LogP contribution is -1.97. The zero-order chi connectivity index (χ0) is 12.7. The number of thioether (sulfide) groups is 1. The smallest absolute Gasteiger partial charge is 0.187 e. The SMILES string of the molecule is O=C1C=C2CC(Cl)=C(F)C=C2Sc2ccccc21. The van der Waals surface area contributed by atoms with Crippen molar-refractivity contribution in [2.75, 3.05) is 0 Å². The van der Waals surface area contributed by atoms with E-state index in [4.69, 9.17) is 11.6 Å².